The van der Waals surface area contributed by atoms with E-state index in [9.17, 15) is 9.59 Å². The molecule has 1 amide bonds. The fourth-order valence-electron chi connectivity index (χ4n) is 2.80. The molecule has 1 saturated carbocycles. The molecule has 0 spiro atoms. The van der Waals surface area contributed by atoms with Crippen molar-refractivity contribution in [2.75, 3.05) is 23.7 Å². The van der Waals surface area contributed by atoms with Crippen molar-refractivity contribution in [3.05, 3.63) is 36.7 Å². The molecule has 3 N–H and O–H groups in total. The predicted molar refractivity (Wildman–Crippen MR) is 98.0 cm³/mol. The van der Waals surface area contributed by atoms with E-state index in [1.54, 1.807) is 12.4 Å². The average molecular weight is 354 g/mol. The van der Waals surface area contributed by atoms with E-state index in [0.29, 0.717) is 50.4 Å². The molecular formula is C18H22N6O2. The van der Waals surface area contributed by atoms with Crippen LogP contribution in [0, 0.1) is 5.92 Å². The minimum atomic E-state index is -0.0361. The van der Waals surface area contributed by atoms with E-state index in [0.717, 1.165) is 5.69 Å². The van der Waals surface area contributed by atoms with Gasteiger partial charge in [-0.15, -0.1) is 10.2 Å². The van der Waals surface area contributed by atoms with Gasteiger partial charge >= 0.3 is 0 Å². The van der Waals surface area contributed by atoms with Gasteiger partial charge in [-0.25, -0.2) is 0 Å². The molecule has 3 rings (SSSR count). The molecule has 1 aliphatic carbocycles. The van der Waals surface area contributed by atoms with Gasteiger partial charge in [0.2, 0.25) is 5.91 Å². The van der Waals surface area contributed by atoms with Crippen LogP contribution < -0.4 is 16.0 Å². The van der Waals surface area contributed by atoms with Gasteiger partial charge in [0.1, 0.15) is 11.6 Å². The third kappa shape index (κ3) is 5.23. The zero-order valence-electron chi connectivity index (χ0n) is 14.4. The van der Waals surface area contributed by atoms with Gasteiger partial charge in [-0.05, 0) is 37.1 Å². The van der Waals surface area contributed by atoms with E-state index < -0.39 is 0 Å². The second kappa shape index (κ2) is 8.89. The van der Waals surface area contributed by atoms with Crippen molar-refractivity contribution < 1.29 is 9.59 Å². The molecule has 0 aliphatic heterocycles. The molecule has 2 heterocycles. The summed E-state index contributed by atoms with van der Waals surface area (Å²) in [5, 5.41) is 17.4. The van der Waals surface area contributed by atoms with Gasteiger partial charge < -0.3 is 16.0 Å². The summed E-state index contributed by atoms with van der Waals surface area (Å²) in [5.74, 6) is 1.54. The second-order valence-corrected chi connectivity index (χ2v) is 6.20. The van der Waals surface area contributed by atoms with Crippen LogP contribution in [0.5, 0.6) is 0 Å². The van der Waals surface area contributed by atoms with Crippen LogP contribution >= 0.6 is 0 Å². The summed E-state index contributed by atoms with van der Waals surface area (Å²) >= 11 is 0. The summed E-state index contributed by atoms with van der Waals surface area (Å²) in [6.45, 7) is 1.06. The van der Waals surface area contributed by atoms with Crippen LogP contribution in [0.4, 0.5) is 17.3 Å². The molecule has 2 aromatic heterocycles. The molecule has 1 fully saturated rings. The van der Waals surface area contributed by atoms with Gasteiger partial charge in [0.05, 0.1) is 0 Å². The lowest BCUT2D eigenvalue weighted by Gasteiger charge is -2.20. The number of nitrogens with one attached hydrogen (secondary N) is 3. The van der Waals surface area contributed by atoms with Gasteiger partial charge in [-0.3, -0.25) is 14.6 Å². The Labute approximate surface area is 151 Å². The number of nitrogens with zero attached hydrogens (tertiary/aromatic N) is 3. The zero-order valence-corrected chi connectivity index (χ0v) is 14.4. The number of rotatable bonds is 7. The highest BCUT2D eigenvalue weighted by atomic mass is 16.2. The van der Waals surface area contributed by atoms with Crippen molar-refractivity contribution in [1.82, 2.24) is 20.5 Å². The number of anilines is 3. The van der Waals surface area contributed by atoms with Crippen molar-refractivity contribution in [1.29, 1.82) is 0 Å². The van der Waals surface area contributed by atoms with Crippen molar-refractivity contribution in [2.45, 2.75) is 25.7 Å². The highest BCUT2D eigenvalue weighted by Gasteiger charge is 2.24. The maximum Gasteiger partial charge on any atom is 0.223 e. The first kappa shape index (κ1) is 17.8. The van der Waals surface area contributed by atoms with E-state index in [-0.39, 0.29) is 17.6 Å². The van der Waals surface area contributed by atoms with Crippen LogP contribution in [0.2, 0.25) is 0 Å². The minimum Gasteiger partial charge on any atom is -0.367 e. The Kier molecular flexibility index (Phi) is 6.08. The highest BCUT2D eigenvalue weighted by Crippen LogP contribution is 2.21. The lowest BCUT2D eigenvalue weighted by molar-refractivity contribution is -0.128. The first-order valence-electron chi connectivity index (χ1n) is 8.75. The number of Topliss-reactive ketones (excluding diaryl/α,β-unsaturated/α-hetero) is 1. The maximum atomic E-state index is 12.0. The molecule has 2 aromatic rings. The van der Waals surface area contributed by atoms with E-state index >= 15 is 0 Å². The van der Waals surface area contributed by atoms with Gasteiger partial charge in [0.25, 0.3) is 0 Å². The Morgan fingerprint density at radius 3 is 2.38 bits per heavy atom. The van der Waals surface area contributed by atoms with Gasteiger partial charge in [-0.1, -0.05) is 0 Å². The summed E-state index contributed by atoms with van der Waals surface area (Å²) in [7, 11) is 0. The molecule has 0 saturated heterocycles. The smallest absolute Gasteiger partial charge is 0.223 e. The number of amides is 1. The Balaban J connectivity index is 1.37. The zero-order chi connectivity index (χ0) is 18.2. The SMILES string of the molecule is O=C1CCC(C(=O)NCCNc2ccc(Nc3ccncc3)nn2)CC1. The molecule has 0 aromatic carbocycles. The third-order valence-corrected chi connectivity index (χ3v) is 4.26. The molecule has 0 bridgehead atoms. The lowest BCUT2D eigenvalue weighted by Crippen LogP contribution is -2.36. The molecular weight excluding hydrogens is 332 g/mol. The fraction of sp³-hybridized carbons (Fsp3) is 0.389. The standard InChI is InChI=1S/C18H22N6O2/c25-15-3-1-13(2-4-15)18(26)21-12-11-20-16-5-6-17(24-23-16)22-14-7-9-19-10-8-14/h5-10,13H,1-4,11-12H2,(H,20,23)(H,21,26)(H,19,22,24). The van der Waals surface area contributed by atoms with Gasteiger partial charge in [0, 0.05) is 49.9 Å². The van der Waals surface area contributed by atoms with E-state index in [4.69, 9.17) is 0 Å². The molecule has 136 valence electrons. The van der Waals surface area contributed by atoms with Crippen molar-refractivity contribution >= 4 is 29.0 Å². The number of pyridine rings is 1. The monoisotopic (exact) mass is 354 g/mol. The first-order valence-corrected chi connectivity index (χ1v) is 8.75. The maximum absolute atomic E-state index is 12.0. The lowest BCUT2D eigenvalue weighted by atomic mass is 9.88. The minimum absolute atomic E-state index is 0.0299. The molecule has 8 heteroatoms. The van der Waals surface area contributed by atoms with Gasteiger partial charge in [-0.2, -0.15) is 0 Å². The largest absolute Gasteiger partial charge is 0.367 e. The summed E-state index contributed by atoms with van der Waals surface area (Å²) < 4.78 is 0. The van der Waals surface area contributed by atoms with Gasteiger partial charge in [0.15, 0.2) is 5.82 Å². The number of aromatic nitrogens is 3. The molecule has 0 atom stereocenters. The normalized spacial score (nSPS) is 14.7. The Hall–Kier alpha value is -3.03. The first-order chi connectivity index (χ1) is 12.7. The summed E-state index contributed by atoms with van der Waals surface area (Å²) in [4.78, 5) is 27.2. The Morgan fingerprint density at radius 1 is 1.00 bits per heavy atom. The predicted octanol–water partition coefficient (Wildman–Crippen LogP) is 1.90. The Morgan fingerprint density at radius 2 is 1.69 bits per heavy atom. The van der Waals surface area contributed by atoms with Crippen molar-refractivity contribution in [3.8, 4) is 0 Å². The molecule has 0 radical (unpaired) electrons. The van der Waals surface area contributed by atoms with Crippen LogP contribution in [-0.4, -0.2) is 40.0 Å². The van der Waals surface area contributed by atoms with Crippen molar-refractivity contribution in [3.63, 3.8) is 0 Å². The van der Waals surface area contributed by atoms with Crippen LogP contribution in [-0.2, 0) is 9.59 Å². The highest BCUT2D eigenvalue weighted by molar-refractivity contribution is 5.84. The molecule has 8 nitrogen and oxygen atoms in total. The number of hydrogen-bond donors (Lipinski definition) is 3. The number of ketones is 1. The third-order valence-electron chi connectivity index (χ3n) is 4.26. The topological polar surface area (TPSA) is 109 Å². The van der Waals surface area contributed by atoms with Crippen LogP contribution in [0.1, 0.15) is 25.7 Å². The Bertz CT molecular complexity index is 725. The number of carbonyl (C=O) groups is 2. The second-order valence-electron chi connectivity index (χ2n) is 6.20. The quantitative estimate of drug-likeness (QED) is 0.652. The van der Waals surface area contributed by atoms with Crippen LogP contribution in [0.3, 0.4) is 0 Å². The van der Waals surface area contributed by atoms with Crippen LogP contribution in [0.15, 0.2) is 36.7 Å². The van der Waals surface area contributed by atoms with Crippen LogP contribution in [0.25, 0.3) is 0 Å². The number of carbonyl (C=O) groups excluding carboxylic acids is 2. The van der Waals surface area contributed by atoms with Crippen molar-refractivity contribution in [2.24, 2.45) is 5.92 Å². The summed E-state index contributed by atoms with van der Waals surface area (Å²) in [6, 6.07) is 7.34. The fourth-order valence-corrected chi connectivity index (χ4v) is 2.80. The summed E-state index contributed by atoms with van der Waals surface area (Å²) in [6.07, 6.45) is 5.76. The van der Waals surface area contributed by atoms with E-state index in [2.05, 4.69) is 31.1 Å². The molecule has 0 unspecified atom stereocenters. The average Bonchev–Trinajstić information content (AvgIpc) is 2.68. The number of hydrogen-bond acceptors (Lipinski definition) is 7. The van der Waals surface area contributed by atoms with E-state index in [1.807, 2.05) is 24.3 Å². The molecule has 26 heavy (non-hydrogen) atoms. The van der Waals surface area contributed by atoms with E-state index in [1.165, 1.54) is 0 Å². The summed E-state index contributed by atoms with van der Waals surface area (Å²) in [5.41, 5.74) is 0.891. The molecule has 1 aliphatic rings.